The number of aliphatic imine (C=N–C) groups is 1. The van der Waals surface area contributed by atoms with Gasteiger partial charge in [0.15, 0.2) is 5.96 Å². The summed E-state index contributed by atoms with van der Waals surface area (Å²) in [6.45, 7) is 2.25. The first-order valence-corrected chi connectivity index (χ1v) is 11.4. The number of guanidine groups is 1. The first-order valence-electron chi connectivity index (χ1n) is 11.0. The van der Waals surface area contributed by atoms with Crippen molar-refractivity contribution in [2.75, 3.05) is 19.6 Å². The quantitative estimate of drug-likeness (QED) is 0.268. The minimum absolute atomic E-state index is 0.105. The van der Waals surface area contributed by atoms with Gasteiger partial charge in [-0.2, -0.15) is 0 Å². The highest BCUT2D eigenvalue weighted by atomic mass is 35.5. The normalized spacial score (nSPS) is 20.4. The summed E-state index contributed by atoms with van der Waals surface area (Å²) in [5.41, 5.74) is 1.29. The average molecular weight is 506 g/mol. The molecular weight excluding hydrogens is 478 g/mol. The number of allylic oxidation sites excluding steroid dienone is 2. The maximum Gasteiger partial charge on any atom is 0.305 e. The van der Waals surface area contributed by atoms with Crippen LogP contribution in [-0.4, -0.2) is 64.8 Å². The van der Waals surface area contributed by atoms with Gasteiger partial charge in [-0.25, -0.2) is 0 Å². The molecule has 0 aromatic heterocycles. The zero-order valence-electron chi connectivity index (χ0n) is 19.0. The number of amides is 2. The lowest BCUT2D eigenvalue weighted by atomic mass is 9.94. The third-order valence-corrected chi connectivity index (χ3v) is 5.75. The van der Waals surface area contributed by atoms with Gasteiger partial charge in [0.1, 0.15) is 5.75 Å². The fourth-order valence-corrected chi connectivity index (χ4v) is 3.78. The Hall–Kier alpha value is -3.57. The maximum absolute atomic E-state index is 12.7. The number of carboxylic acids is 1. The van der Waals surface area contributed by atoms with Crippen LogP contribution < -0.4 is 21.3 Å². The molecule has 0 bridgehead atoms. The molecule has 0 radical (unpaired) electrons. The molecule has 1 heterocycles. The number of halogens is 1. The molecule has 0 saturated carbocycles. The molecular formula is C23H28ClN5O6. The Morgan fingerprint density at radius 3 is 2.77 bits per heavy atom. The second-order valence-corrected chi connectivity index (χ2v) is 8.79. The average Bonchev–Trinajstić information content (AvgIpc) is 2.81. The van der Waals surface area contributed by atoms with Crippen molar-refractivity contribution < 1.29 is 29.7 Å². The topological polar surface area (TPSA) is 172 Å². The highest BCUT2D eigenvalue weighted by Crippen LogP contribution is 2.29. The largest absolute Gasteiger partial charge is 0.508 e. The van der Waals surface area contributed by atoms with Crippen molar-refractivity contribution in [3.05, 3.63) is 52.2 Å². The van der Waals surface area contributed by atoms with E-state index in [1.165, 1.54) is 18.2 Å². The minimum atomic E-state index is -1.18. The van der Waals surface area contributed by atoms with Gasteiger partial charge in [-0.05, 0) is 36.6 Å². The van der Waals surface area contributed by atoms with Crippen LogP contribution in [0.15, 0.2) is 46.6 Å². The van der Waals surface area contributed by atoms with Crippen LogP contribution in [0.2, 0.25) is 5.02 Å². The number of aromatic hydroxyl groups is 1. The zero-order chi connectivity index (χ0) is 25.5. The van der Waals surface area contributed by atoms with Gasteiger partial charge < -0.3 is 36.6 Å². The van der Waals surface area contributed by atoms with Gasteiger partial charge in [0.2, 0.25) is 5.91 Å². The number of benzene rings is 1. The molecule has 1 aromatic rings. The van der Waals surface area contributed by atoms with Gasteiger partial charge in [-0.15, -0.1) is 0 Å². The molecule has 0 fully saturated rings. The standard InChI is InChI=1S/C23H28ClN5O6/c1-12-2-3-13(6-17(12)29-23-26-9-15(30)10-27-23)22(35)25-11-20(32)28-18(8-21(33)34)16-7-14(24)4-5-19(16)31/h3-7,12,15,18,30-31H,2,8-11H2,1H3,(H,25,35)(H,28,32)(H,33,34)(H2,26,27,29). The van der Waals surface area contributed by atoms with E-state index in [-0.39, 0.29) is 28.8 Å². The van der Waals surface area contributed by atoms with E-state index in [9.17, 15) is 29.7 Å². The number of carbonyl (C=O) groups excluding carboxylic acids is 2. The Bertz CT molecular complexity index is 1090. The summed E-state index contributed by atoms with van der Waals surface area (Å²) in [6, 6.07) is 3.09. The lowest BCUT2D eigenvalue weighted by Crippen LogP contribution is -2.46. The summed E-state index contributed by atoms with van der Waals surface area (Å²) in [4.78, 5) is 40.6. The van der Waals surface area contributed by atoms with E-state index in [2.05, 4.69) is 26.3 Å². The van der Waals surface area contributed by atoms with Gasteiger partial charge in [0, 0.05) is 28.4 Å². The number of rotatable bonds is 8. The Kier molecular flexibility index (Phi) is 8.72. The van der Waals surface area contributed by atoms with E-state index < -0.39 is 42.9 Å². The molecule has 35 heavy (non-hydrogen) atoms. The van der Waals surface area contributed by atoms with Crippen molar-refractivity contribution >= 4 is 35.3 Å². The van der Waals surface area contributed by atoms with Crippen molar-refractivity contribution in [1.82, 2.24) is 21.3 Å². The number of aliphatic hydroxyl groups excluding tert-OH is 1. The summed E-state index contributed by atoms with van der Waals surface area (Å²) >= 11 is 5.95. The van der Waals surface area contributed by atoms with Crippen LogP contribution in [0, 0.1) is 5.92 Å². The number of β-amino-alcohol motifs (C(OH)–C–C–N with tert-alkyl or cyclic N) is 1. The number of phenols is 1. The van der Waals surface area contributed by atoms with E-state index in [0.717, 1.165) is 5.70 Å². The maximum atomic E-state index is 12.7. The molecule has 1 aliphatic heterocycles. The van der Waals surface area contributed by atoms with Crippen LogP contribution in [0.4, 0.5) is 0 Å². The van der Waals surface area contributed by atoms with Crippen molar-refractivity contribution in [3.63, 3.8) is 0 Å². The summed E-state index contributed by atoms with van der Waals surface area (Å²) in [7, 11) is 0. The second kappa shape index (κ2) is 11.7. The SMILES string of the molecule is CC1CC=C(C(=O)NCC(=O)NC(CC(=O)O)c2cc(Cl)ccc2O)C=C1NC1=NCC(O)CN1. The molecule has 2 amide bonds. The smallest absolute Gasteiger partial charge is 0.305 e. The molecule has 1 aromatic carbocycles. The van der Waals surface area contributed by atoms with Crippen molar-refractivity contribution in [2.45, 2.75) is 31.9 Å². The number of carboxylic acid groups (broad SMARTS) is 1. The van der Waals surface area contributed by atoms with E-state index in [0.29, 0.717) is 24.5 Å². The lowest BCUT2D eigenvalue weighted by Gasteiger charge is -2.25. The van der Waals surface area contributed by atoms with Gasteiger partial charge in [0.05, 0.1) is 31.7 Å². The third-order valence-electron chi connectivity index (χ3n) is 5.51. The lowest BCUT2D eigenvalue weighted by molar-refractivity contribution is -0.138. The Balaban J connectivity index is 1.60. The predicted molar refractivity (Wildman–Crippen MR) is 129 cm³/mol. The zero-order valence-corrected chi connectivity index (χ0v) is 19.8. The first kappa shape index (κ1) is 26.0. The molecule has 2 aliphatic rings. The summed E-state index contributed by atoms with van der Waals surface area (Å²) < 4.78 is 0. The van der Waals surface area contributed by atoms with E-state index in [4.69, 9.17) is 11.6 Å². The number of aliphatic carboxylic acids is 1. The monoisotopic (exact) mass is 505 g/mol. The van der Waals surface area contributed by atoms with Crippen LogP contribution in [0.3, 0.4) is 0 Å². The summed E-state index contributed by atoms with van der Waals surface area (Å²) in [5.74, 6) is -1.87. The van der Waals surface area contributed by atoms with Crippen LogP contribution in [0.1, 0.15) is 31.4 Å². The van der Waals surface area contributed by atoms with Crippen molar-refractivity contribution in [3.8, 4) is 5.75 Å². The van der Waals surface area contributed by atoms with Crippen LogP contribution in [0.25, 0.3) is 0 Å². The number of carbonyl (C=O) groups is 3. The Morgan fingerprint density at radius 1 is 1.31 bits per heavy atom. The summed E-state index contributed by atoms with van der Waals surface area (Å²) in [5, 5.41) is 40.3. The second-order valence-electron chi connectivity index (χ2n) is 8.35. The molecule has 3 rings (SSSR count). The molecule has 1 aliphatic carbocycles. The number of nitrogens with one attached hydrogen (secondary N) is 4. The Morgan fingerprint density at radius 2 is 2.09 bits per heavy atom. The molecule has 3 atom stereocenters. The van der Waals surface area contributed by atoms with Crippen molar-refractivity contribution in [2.24, 2.45) is 10.9 Å². The van der Waals surface area contributed by atoms with Gasteiger partial charge in [-0.1, -0.05) is 24.6 Å². The fraction of sp³-hybridized carbons (Fsp3) is 0.391. The van der Waals surface area contributed by atoms with Gasteiger partial charge in [0.25, 0.3) is 5.91 Å². The minimum Gasteiger partial charge on any atom is -0.508 e. The van der Waals surface area contributed by atoms with Crippen LogP contribution in [-0.2, 0) is 14.4 Å². The number of hydrogen-bond acceptors (Lipinski definition) is 8. The molecule has 188 valence electrons. The van der Waals surface area contributed by atoms with Crippen LogP contribution in [0.5, 0.6) is 5.75 Å². The molecule has 0 spiro atoms. The van der Waals surface area contributed by atoms with Gasteiger partial charge >= 0.3 is 5.97 Å². The van der Waals surface area contributed by atoms with E-state index in [1.807, 2.05) is 6.92 Å². The number of hydrogen-bond donors (Lipinski definition) is 7. The molecule has 3 unspecified atom stereocenters. The van der Waals surface area contributed by atoms with Gasteiger partial charge in [-0.3, -0.25) is 19.4 Å². The van der Waals surface area contributed by atoms with E-state index >= 15 is 0 Å². The van der Waals surface area contributed by atoms with Crippen molar-refractivity contribution in [1.29, 1.82) is 0 Å². The van der Waals surface area contributed by atoms with E-state index in [1.54, 1.807) is 12.2 Å². The highest BCUT2D eigenvalue weighted by Gasteiger charge is 2.23. The number of nitrogens with zero attached hydrogens (tertiary/aromatic N) is 1. The molecule has 12 heteroatoms. The number of phenolic OH excluding ortho intramolecular Hbond substituents is 1. The Labute approximate surface area is 207 Å². The predicted octanol–water partition coefficient (Wildman–Crippen LogP) is 0.554. The summed E-state index contributed by atoms with van der Waals surface area (Å²) in [6.07, 6.45) is 3.01. The molecule has 7 N–H and O–H groups in total. The molecule has 11 nitrogen and oxygen atoms in total. The fourth-order valence-electron chi connectivity index (χ4n) is 3.59. The first-order chi connectivity index (χ1) is 16.6. The third kappa shape index (κ3) is 7.46. The molecule has 0 saturated heterocycles. The highest BCUT2D eigenvalue weighted by molar-refractivity contribution is 6.30. The number of aliphatic hydroxyl groups is 1. The van der Waals surface area contributed by atoms with Crippen LogP contribution >= 0.6 is 11.6 Å².